The second kappa shape index (κ2) is 4.77. The summed E-state index contributed by atoms with van der Waals surface area (Å²) in [7, 11) is 0. The van der Waals surface area contributed by atoms with Crippen molar-refractivity contribution in [2.45, 2.75) is 32.9 Å². The third-order valence-electron chi connectivity index (χ3n) is 3.29. The monoisotopic (exact) mass is 239 g/mol. The summed E-state index contributed by atoms with van der Waals surface area (Å²) >= 11 is 0. The van der Waals surface area contributed by atoms with Gasteiger partial charge in [-0.1, -0.05) is 37.6 Å². The van der Waals surface area contributed by atoms with Crippen LogP contribution in [0.4, 0.5) is 0 Å². The van der Waals surface area contributed by atoms with Gasteiger partial charge in [-0.15, -0.1) is 0 Å². The van der Waals surface area contributed by atoms with Gasteiger partial charge in [0, 0.05) is 35.6 Å². The Bertz CT molecular complexity index is 581. The van der Waals surface area contributed by atoms with Crippen LogP contribution in [0, 0.1) is 0 Å². The first-order valence-electron chi connectivity index (χ1n) is 6.54. The molecule has 0 radical (unpaired) electrons. The van der Waals surface area contributed by atoms with Crippen molar-refractivity contribution in [3.05, 3.63) is 41.6 Å². The molecule has 3 rings (SSSR count). The number of aliphatic imine (C=N–C) groups is 1. The van der Waals surface area contributed by atoms with Crippen LogP contribution >= 0.6 is 0 Å². The third-order valence-corrected chi connectivity index (χ3v) is 3.29. The highest BCUT2D eigenvalue weighted by molar-refractivity contribution is 5.91. The van der Waals surface area contributed by atoms with Crippen molar-refractivity contribution in [3.63, 3.8) is 0 Å². The molecule has 0 unspecified atom stereocenters. The largest absolute Gasteiger partial charge is 0.288 e. The van der Waals surface area contributed by atoms with Crippen molar-refractivity contribution in [2.75, 3.05) is 0 Å². The minimum atomic E-state index is 0.732. The summed E-state index contributed by atoms with van der Waals surface area (Å²) in [6.45, 7) is 3.93. The van der Waals surface area contributed by atoms with E-state index >= 15 is 0 Å². The quantitative estimate of drug-likeness (QED) is 0.808. The molecular weight excluding hydrogens is 222 g/mol. The van der Waals surface area contributed by atoms with Crippen LogP contribution in [-0.2, 0) is 13.1 Å². The lowest BCUT2D eigenvalue weighted by Gasteiger charge is -2.02. The zero-order chi connectivity index (χ0) is 12.4. The van der Waals surface area contributed by atoms with Crippen molar-refractivity contribution in [1.82, 2.24) is 9.78 Å². The van der Waals surface area contributed by atoms with Gasteiger partial charge in [0.15, 0.2) is 0 Å². The fourth-order valence-corrected chi connectivity index (χ4v) is 2.31. The molecule has 3 heteroatoms. The number of aryl methyl sites for hydroxylation is 1. The van der Waals surface area contributed by atoms with Gasteiger partial charge in [0.1, 0.15) is 0 Å². The number of hydrogen-bond donors (Lipinski definition) is 0. The molecule has 3 nitrogen and oxygen atoms in total. The Morgan fingerprint density at radius 2 is 2.17 bits per heavy atom. The first-order valence-corrected chi connectivity index (χ1v) is 6.54. The van der Waals surface area contributed by atoms with Crippen LogP contribution in [-0.4, -0.2) is 16.0 Å². The number of aromatic nitrogens is 2. The van der Waals surface area contributed by atoms with E-state index in [9.17, 15) is 0 Å². The molecule has 0 aliphatic carbocycles. The van der Waals surface area contributed by atoms with Gasteiger partial charge in [-0.25, -0.2) is 0 Å². The van der Waals surface area contributed by atoms with E-state index in [4.69, 9.17) is 5.10 Å². The topological polar surface area (TPSA) is 30.2 Å². The Kier molecular flexibility index (Phi) is 2.97. The lowest BCUT2D eigenvalue weighted by atomic mass is 10.0. The highest BCUT2D eigenvalue weighted by Crippen LogP contribution is 2.27. The van der Waals surface area contributed by atoms with Gasteiger partial charge in [0.25, 0.3) is 0 Å². The van der Waals surface area contributed by atoms with Gasteiger partial charge in [0.2, 0.25) is 0 Å². The number of nitrogens with zero attached hydrogens (tertiary/aromatic N) is 3. The van der Waals surface area contributed by atoms with Crippen molar-refractivity contribution >= 4 is 6.21 Å². The standard InChI is InChI=1S/C15H17N3/c1-2-3-8-18-11-13-10-16-9-12-6-4-5-7-14(12)15(13)17-18/h4-7,9,11H,2-3,8,10H2,1H3. The van der Waals surface area contributed by atoms with Gasteiger partial charge in [-0.3, -0.25) is 9.67 Å². The van der Waals surface area contributed by atoms with E-state index in [1.165, 1.54) is 24.0 Å². The van der Waals surface area contributed by atoms with Crippen LogP contribution in [0.15, 0.2) is 35.5 Å². The Hall–Kier alpha value is -1.90. The SMILES string of the molecule is CCCCn1cc2c(n1)-c1ccccc1C=NC2. The average molecular weight is 239 g/mol. The maximum absolute atomic E-state index is 4.73. The fraction of sp³-hybridized carbons (Fsp3) is 0.333. The predicted molar refractivity (Wildman–Crippen MR) is 73.9 cm³/mol. The Balaban J connectivity index is 2.04. The molecule has 1 aliphatic rings. The van der Waals surface area contributed by atoms with Crippen LogP contribution in [0.2, 0.25) is 0 Å². The van der Waals surface area contributed by atoms with Crippen molar-refractivity contribution in [2.24, 2.45) is 4.99 Å². The maximum Gasteiger partial charge on any atom is 0.0980 e. The molecule has 1 aromatic heterocycles. The first kappa shape index (κ1) is 11.2. The Morgan fingerprint density at radius 1 is 1.28 bits per heavy atom. The molecule has 0 saturated carbocycles. The van der Waals surface area contributed by atoms with Crippen LogP contribution in [0.1, 0.15) is 30.9 Å². The Labute approximate surface area is 107 Å². The van der Waals surface area contributed by atoms with E-state index in [0.717, 1.165) is 24.3 Å². The molecule has 0 fully saturated rings. The summed E-state index contributed by atoms with van der Waals surface area (Å²) in [5.74, 6) is 0. The van der Waals surface area contributed by atoms with Crippen molar-refractivity contribution < 1.29 is 0 Å². The molecule has 1 aliphatic heterocycles. The molecule has 0 saturated heterocycles. The zero-order valence-corrected chi connectivity index (χ0v) is 10.6. The molecule has 18 heavy (non-hydrogen) atoms. The number of unbranched alkanes of at least 4 members (excludes halogenated alkanes) is 1. The van der Waals surface area contributed by atoms with Gasteiger partial charge in [-0.05, 0) is 6.42 Å². The van der Waals surface area contributed by atoms with E-state index in [1.807, 2.05) is 12.3 Å². The number of fused-ring (bicyclic) bond motifs is 3. The number of benzene rings is 1. The van der Waals surface area contributed by atoms with E-state index in [-0.39, 0.29) is 0 Å². The molecule has 0 spiro atoms. The minimum Gasteiger partial charge on any atom is -0.288 e. The Morgan fingerprint density at radius 3 is 3.06 bits per heavy atom. The van der Waals surface area contributed by atoms with E-state index < -0.39 is 0 Å². The maximum atomic E-state index is 4.73. The normalized spacial score (nSPS) is 12.9. The lowest BCUT2D eigenvalue weighted by molar-refractivity contribution is 0.572. The minimum absolute atomic E-state index is 0.732. The van der Waals surface area contributed by atoms with E-state index in [1.54, 1.807) is 0 Å². The lowest BCUT2D eigenvalue weighted by Crippen LogP contribution is -1.98. The molecule has 92 valence electrons. The third kappa shape index (κ3) is 1.96. The van der Waals surface area contributed by atoms with E-state index in [2.05, 4.69) is 41.0 Å². The van der Waals surface area contributed by atoms with Gasteiger partial charge < -0.3 is 0 Å². The molecule has 1 aromatic carbocycles. The molecule has 0 bridgehead atoms. The second-order valence-electron chi connectivity index (χ2n) is 4.68. The first-order chi connectivity index (χ1) is 8.88. The number of hydrogen-bond acceptors (Lipinski definition) is 2. The smallest absolute Gasteiger partial charge is 0.0980 e. The zero-order valence-electron chi connectivity index (χ0n) is 10.6. The fourth-order valence-electron chi connectivity index (χ4n) is 2.31. The molecule has 2 heterocycles. The van der Waals surface area contributed by atoms with Crippen molar-refractivity contribution in [3.8, 4) is 11.3 Å². The predicted octanol–water partition coefficient (Wildman–Crippen LogP) is 3.28. The van der Waals surface area contributed by atoms with Crippen LogP contribution < -0.4 is 0 Å². The molecule has 2 aromatic rings. The van der Waals surface area contributed by atoms with Gasteiger partial charge >= 0.3 is 0 Å². The van der Waals surface area contributed by atoms with Gasteiger partial charge in [-0.2, -0.15) is 5.10 Å². The van der Waals surface area contributed by atoms with Crippen LogP contribution in [0.3, 0.4) is 0 Å². The van der Waals surface area contributed by atoms with Gasteiger partial charge in [0.05, 0.1) is 12.2 Å². The summed E-state index contributed by atoms with van der Waals surface area (Å²) < 4.78 is 2.06. The van der Waals surface area contributed by atoms with Crippen molar-refractivity contribution in [1.29, 1.82) is 0 Å². The highest BCUT2D eigenvalue weighted by Gasteiger charge is 2.15. The molecule has 0 N–H and O–H groups in total. The molecule has 0 amide bonds. The molecular formula is C15H17N3. The summed E-state index contributed by atoms with van der Waals surface area (Å²) in [5, 5.41) is 4.73. The van der Waals surface area contributed by atoms with Crippen LogP contribution in [0.25, 0.3) is 11.3 Å². The summed E-state index contributed by atoms with van der Waals surface area (Å²) in [6, 6.07) is 8.33. The van der Waals surface area contributed by atoms with Crippen LogP contribution in [0.5, 0.6) is 0 Å². The summed E-state index contributed by atoms with van der Waals surface area (Å²) in [4.78, 5) is 4.47. The summed E-state index contributed by atoms with van der Waals surface area (Å²) in [6.07, 6.45) is 6.46. The van der Waals surface area contributed by atoms with E-state index in [0.29, 0.717) is 0 Å². The second-order valence-corrected chi connectivity index (χ2v) is 4.68. The summed E-state index contributed by atoms with van der Waals surface area (Å²) in [5.41, 5.74) is 4.69. The number of rotatable bonds is 3. The highest BCUT2D eigenvalue weighted by atomic mass is 15.3. The molecule has 0 atom stereocenters. The average Bonchev–Trinajstić information content (AvgIpc) is 2.72.